The second kappa shape index (κ2) is 12.5. The van der Waals surface area contributed by atoms with E-state index in [0.29, 0.717) is 0 Å². The van der Waals surface area contributed by atoms with Crippen LogP contribution in [0.3, 0.4) is 0 Å². The van der Waals surface area contributed by atoms with E-state index in [0.717, 1.165) is 5.75 Å². The van der Waals surface area contributed by atoms with Crippen LogP contribution in [0.25, 0.3) is 0 Å². The number of rotatable bonds is 6. The molecule has 0 amide bonds. The van der Waals surface area contributed by atoms with E-state index in [4.69, 9.17) is 9.47 Å². The minimum absolute atomic E-state index is 0.0555. The number of ether oxygens (including phenoxy) is 2. The van der Waals surface area contributed by atoms with Crippen LogP contribution in [0.15, 0.2) is 54.6 Å². The molecule has 1 aromatic rings. The van der Waals surface area contributed by atoms with Crippen LogP contribution in [-0.4, -0.2) is 12.9 Å². The van der Waals surface area contributed by atoms with E-state index in [1.54, 1.807) is 6.92 Å². The lowest BCUT2D eigenvalue weighted by Crippen LogP contribution is -2.10. The second-order valence-electron chi connectivity index (χ2n) is 3.65. The van der Waals surface area contributed by atoms with E-state index in [9.17, 15) is 0 Å². The van der Waals surface area contributed by atoms with Gasteiger partial charge in [-0.1, -0.05) is 42.5 Å². The summed E-state index contributed by atoms with van der Waals surface area (Å²) in [4.78, 5) is 0. The lowest BCUT2D eigenvalue weighted by Gasteiger charge is -2.10. The van der Waals surface area contributed by atoms with Crippen LogP contribution in [0.4, 0.5) is 0 Å². The van der Waals surface area contributed by atoms with E-state index in [1.807, 2.05) is 68.5 Å². The molecule has 1 aromatic carbocycles. The molecule has 0 aliphatic rings. The molecule has 0 spiro atoms. The Hall–Kier alpha value is -1.98. The van der Waals surface area contributed by atoms with Crippen molar-refractivity contribution in [2.45, 2.75) is 26.9 Å². The highest BCUT2D eigenvalue weighted by Gasteiger charge is 1.96. The maximum atomic E-state index is 5.45. The van der Waals surface area contributed by atoms with Crippen LogP contribution in [0, 0.1) is 12.3 Å². The van der Waals surface area contributed by atoms with Gasteiger partial charge in [0.15, 0.2) is 6.79 Å². The zero-order chi connectivity index (χ0) is 14.3. The Kier molecular flexibility index (Phi) is 11.2. The molecule has 0 aromatic heterocycles. The zero-order valence-electron chi connectivity index (χ0n) is 11.9. The first-order valence-corrected chi connectivity index (χ1v) is 6.20. The molecule has 0 aliphatic carbocycles. The molecule has 0 saturated heterocycles. The third-order valence-electron chi connectivity index (χ3n) is 1.99. The zero-order valence-corrected chi connectivity index (χ0v) is 11.9. The van der Waals surface area contributed by atoms with Gasteiger partial charge in [0, 0.05) is 0 Å². The fraction of sp³-hybridized carbons (Fsp3) is 0.294. The van der Waals surface area contributed by atoms with Gasteiger partial charge in [-0.05, 0) is 32.9 Å². The summed E-state index contributed by atoms with van der Waals surface area (Å²) < 4.78 is 10.9. The Morgan fingerprint density at radius 2 is 1.89 bits per heavy atom. The van der Waals surface area contributed by atoms with E-state index >= 15 is 0 Å². The molecular formula is C17H22O2. The average Bonchev–Trinajstić information content (AvgIpc) is 2.41. The van der Waals surface area contributed by atoms with Crippen LogP contribution >= 0.6 is 0 Å². The van der Waals surface area contributed by atoms with Gasteiger partial charge in [0.2, 0.25) is 0 Å². The maximum Gasteiger partial charge on any atom is 0.189 e. The van der Waals surface area contributed by atoms with E-state index < -0.39 is 0 Å². The Labute approximate surface area is 116 Å². The monoisotopic (exact) mass is 258 g/mol. The standard InChI is InChI=1S/C14H18O2.C3H4/c1-3-4-6-9-13(2)15-12-16-14-10-7-5-8-11-14;1-3-2/h3-11,13H,12H2,1-2H3;1H,2H3/b4-3-,9-6-;. The van der Waals surface area contributed by atoms with Crippen molar-refractivity contribution in [1.82, 2.24) is 0 Å². The van der Waals surface area contributed by atoms with Crippen molar-refractivity contribution in [1.29, 1.82) is 0 Å². The van der Waals surface area contributed by atoms with Crippen LogP contribution in [0.5, 0.6) is 5.75 Å². The van der Waals surface area contributed by atoms with Gasteiger partial charge in [-0.2, -0.15) is 0 Å². The average molecular weight is 258 g/mol. The Morgan fingerprint density at radius 3 is 2.47 bits per heavy atom. The predicted molar refractivity (Wildman–Crippen MR) is 80.9 cm³/mol. The van der Waals surface area contributed by atoms with Crippen molar-refractivity contribution < 1.29 is 9.47 Å². The van der Waals surface area contributed by atoms with Crippen molar-refractivity contribution >= 4 is 0 Å². The van der Waals surface area contributed by atoms with E-state index in [1.165, 1.54) is 0 Å². The third-order valence-corrected chi connectivity index (χ3v) is 1.99. The van der Waals surface area contributed by atoms with Gasteiger partial charge in [-0.15, -0.1) is 12.3 Å². The molecule has 2 heteroatoms. The van der Waals surface area contributed by atoms with Crippen molar-refractivity contribution in [2.75, 3.05) is 6.79 Å². The summed E-state index contributed by atoms with van der Waals surface area (Å²) in [5.74, 6) is 3.08. The topological polar surface area (TPSA) is 18.5 Å². The molecule has 0 heterocycles. The molecule has 0 bridgehead atoms. The number of terminal acetylenes is 1. The highest BCUT2D eigenvalue weighted by Crippen LogP contribution is 2.08. The summed E-state index contributed by atoms with van der Waals surface area (Å²) >= 11 is 0. The first-order valence-electron chi connectivity index (χ1n) is 6.20. The summed E-state index contributed by atoms with van der Waals surface area (Å²) in [5.41, 5.74) is 0. The van der Waals surface area contributed by atoms with Gasteiger partial charge in [0.25, 0.3) is 0 Å². The Balaban J connectivity index is 0.000000982. The van der Waals surface area contributed by atoms with Gasteiger partial charge in [-0.3, -0.25) is 0 Å². The molecule has 1 atom stereocenters. The molecular weight excluding hydrogens is 236 g/mol. The fourth-order valence-electron chi connectivity index (χ4n) is 1.11. The number of benzene rings is 1. The lowest BCUT2D eigenvalue weighted by atomic mass is 10.3. The summed E-state index contributed by atoms with van der Waals surface area (Å²) in [5, 5.41) is 0. The summed E-state index contributed by atoms with van der Waals surface area (Å²) in [6, 6.07) is 9.64. The quantitative estimate of drug-likeness (QED) is 0.432. The molecule has 1 rings (SSSR count). The minimum Gasteiger partial charge on any atom is -0.468 e. The number of hydrogen-bond donors (Lipinski definition) is 0. The molecule has 0 aliphatic heterocycles. The van der Waals surface area contributed by atoms with Crippen LogP contribution < -0.4 is 4.74 Å². The Bertz CT molecular complexity index is 399. The number of hydrogen-bond acceptors (Lipinski definition) is 2. The first kappa shape index (κ1) is 17.0. The molecule has 19 heavy (non-hydrogen) atoms. The van der Waals surface area contributed by atoms with E-state index in [-0.39, 0.29) is 12.9 Å². The van der Waals surface area contributed by atoms with Gasteiger partial charge < -0.3 is 9.47 Å². The summed E-state index contributed by atoms with van der Waals surface area (Å²) in [6.45, 7) is 5.88. The van der Waals surface area contributed by atoms with Gasteiger partial charge >= 0.3 is 0 Å². The number of para-hydroxylation sites is 1. The smallest absolute Gasteiger partial charge is 0.189 e. The van der Waals surface area contributed by atoms with Crippen molar-refractivity contribution in [3.8, 4) is 18.1 Å². The maximum absolute atomic E-state index is 5.45. The largest absolute Gasteiger partial charge is 0.468 e. The Morgan fingerprint density at radius 1 is 1.26 bits per heavy atom. The predicted octanol–water partition coefficient (Wildman–Crippen LogP) is 4.20. The summed E-state index contributed by atoms with van der Waals surface area (Å²) in [6.07, 6.45) is 12.5. The normalized spacial score (nSPS) is 11.7. The highest BCUT2D eigenvalue weighted by atomic mass is 16.7. The van der Waals surface area contributed by atoms with Gasteiger partial charge in [0.1, 0.15) is 5.75 Å². The van der Waals surface area contributed by atoms with Crippen molar-refractivity contribution in [3.05, 3.63) is 54.6 Å². The van der Waals surface area contributed by atoms with Gasteiger partial charge in [0.05, 0.1) is 6.10 Å². The molecule has 0 fully saturated rings. The second-order valence-corrected chi connectivity index (χ2v) is 3.65. The molecule has 2 nitrogen and oxygen atoms in total. The van der Waals surface area contributed by atoms with Crippen LogP contribution in [0.1, 0.15) is 20.8 Å². The van der Waals surface area contributed by atoms with Crippen molar-refractivity contribution in [2.24, 2.45) is 0 Å². The molecule has 102 valence electrons. The van der Waals surface area contributed by atoms with Crippen LogP contribution in [-0.2, 0) is 4.74 Å². The SMILES string of the molecule is C#CC.C/C=C\C=C/C(C)OCOc1ccccc1. The number of allylic oxidation sites excluding steroid dienone is 3. The van der Waals surface area contributed by atoms with Gasteiger partial charge in [-0.25, -0.2) is 0 Å². The minimum atomic E-state index is 0.0555. The molecule has 0 N–H and O–H groups in total. The summed E-state index contributed by atoms with van der Waals surface area (Å²) in [7, 11) is 0. The van der Waals surface area contributed by atoms with Crippen LogP contribution in [0.2, 0.25) is 0 Å². The highest BCUT2D eigenvalue weighted by molar-refractivity contribution is 5.20. The van der Waals surface area contributed by atoms with E-state index in [2.05, 4.69) is 12.3 Å². The fourth-order valence-corrected chi connectivity index (χ4v) is 1.11. The molecule has 0 saturated carbocycles. The van der Waals surface area contributed by atoms with Crippen molar-refractivity contribution in [3.63, 3.8) is 0 Å². The third kappa shape index (κ3) is 10.9. The molecule has 1 unspecified atom stereocenters. The first-order chi connectivity index (χ1) is 9.24. The molecule has 0 radical (unpaired) electrons. The lowest BCUT2D eigenvalue weighted by molar-refractivity contribution is -0.00838.